The van der Waals surface area contributed by atoms with Crippen LogP contribution in [0.1, 0.15) is 19.8 Å². The number of carboxylic acid groups (broad SMARTS) is 1. The van der Waals surface area contributed by atoms with Gasteiger partial charge in [0.15, 0.2) is 0 Å². The van der Waals surface area contributed by atoms with Crippen LogP contribution in [0.2, 0.25) is 0 Å². The number of nitrogens with one attached hydrogen (secondary N) is 2. The first kappa shape index (κ1) is 12.2. The summed E-state index contributed by atoms with van der Waals surface area (Å²) in [6.45, 7) is 1.83. The van der Waals surface area contributed by atoms with Crippen molar-refractivity contribution in [3.05, 3.63) is 12.2 Å². The zero-order valence-electron chi connectivity index (χ0n) is 7.74. The van der Waals surface area contributed by atoms with Gasteiger partial charge in [0, 0.05) is 18.6 Å². The molecule has 0 aromatic heterocycles. The van der Waals surface area contributed by atoms with Crippen LogP contribution in [0, 0.1) is 0 Å². The molecule has 14 heavy (non-hydrogen) atoms. The van der Waals surface area contributed by atoms with Crippen molar-refractivity contribution in [2.24, 2.45) is 0 Å². The lowest BCUT2D eigenvalue weighted by Crippen LogP contribution is -2.40. The summed E-state index contributed by atoms with van der Waals surface area (Å²) < 4.78 is 0. The quantitative estimate of drug-likeness (QED) is 0.424. The molecule has 0 aliphatic rings. The molecule has 2 amide bonds. The molecule has 0 radical (unpaired) electrons. The molecule has 0 heterocycles. The van der Waals surface area contributed by atoms with Gasteiger partial charge in [-0.05, 0) is 6.42 Å². The van der Waals surface area contributed by atoms with Crippen molar-refractivity contribution < 1.29 is 19.5 Å². The lowest BCUT2D eigenvalue weighted by Gasteiger charge is -2.02. The van der Waals surface area contributed by atoms with E-state index in [1.807, 2.05) is 12.3 Å². The summed E-state index contributed by atoms with van der Waals surface area (Å²) in [5.74, 6) is -2.22. The Balaban J connectivity index is 3.74. The Morgan fingerprint density at radius 3 is 2.36 bits per heavy atom. The van der Waals surface area contributed by atoms with E-state index in [4.69, 9.17) is 5.11 Å². The minimum atomic E-state index is -1.22. The highest BCUT2D eigenvalue weighted by Crippen LogP contribution is 1.83. The Bertz CT molecular complexity index is 260. The Labute approximate surface area is 81.0 Å². The molecule has 0 spiro atoms. The van der Waals surface area contributed by atoms with E-state index in [0.717, 1.165) is 6.08 Å². The Hall–Kier alpha value is -1.85. The molecule has 0 rings (SSSR count). The highest BCUT2D eigenvalue weighted by molar-refractivity contribution is 5.94. The molecule has 0 aliphatic heterocycles. The summed E-state index contributed by atoms with van der Waals surface area (Å²) in [6.07, 6.45) is 2.48. The zero-order chi connectivity index (χ0) is 11.0. The van der Waals surface area contributed by atoms with E-state index in [2.05, 4.69) is 5.43 Å². The maximum atomic E-state index is 10.8. The van der Waals surface area contributed by atoms with Crippen LogP contribution in [0.4, 0.5) is 0 Å². The molecule has 0 atom stereocenters. The fourth-order valence-electron chi connectivity index (χ4n) is 0.610. The van der Waals surface area contributed by atoms with Gasteiger partial charge >= 0.3 is 5.97 Å². The van der Waals surface area contributed by atoms with E-state index in [0.29, 0.717) is 18.9 Å². The van der Waals surface area contributed by atoms with Crippen LogP contribution in [-0.4, -0.2) is 22.9 Å². The second-order valence-corrected chi connectivity index (χ2v) is 2.46. The maximum absolute atomic E-state index is 10.8. The molecule has 6 heteroatoms. The van der Waals surface area contributed by atoms with Crippen LogP contribution in [0.15, 0.2) is 12.2 Å². The zero-order valence-corrected chi connectivity index (χ0v) is 7.74. The average Bonchev–Trinajstić information content (AvgIpc) is 2.12. The smallest absolute Gasteiger partial charge is 0.328 e. The van der Waals surface area contributed by atoms with Crippen molar-refractivity contribution in [1.82, 2.24) is 10.9 Å². The van der Waals surface area contributed by atoms with Crippen LogP contribution in [-0.2, 0) is 14.4 Å². The van der Waals surface area contributed by atoms with Crippen LogP contribution >= 0.6 is 0 Å². The summed E-state index contributed by atoms with van der Waals surface area (Å²) >= 11 is 0. The van der Waals surface area contributed by atoms with Crippen molar-refractivity contribution in [2.45, 2.75) is 19.8 Å². The van der Waals surface area contributed by atoms with E-state index in [1.54, 1.807) is 0 Å². The SMILES string of the molecule is CCCC(=O)NNC(=O)/C=C/C(=O)O. The highest BCUT2D eigenvalue weighted by Gasteiger charge is 2.00. The minimum absolute atomic E-state index is 0.308. The average molecular weight is 200 g/mol. The summed E-state index contributed by atoms with van der Waals surface area (Å²) in [5.41, 5.74) is 4.16. The number of carbonyl (C=O) groups excluding carboxylic acids is 2. The Kier molecular flexibility index (Phi) is 5.77. The number of hydrogen-bond donors (Lipinski definition) is 3. The monoisotopic (exact) mass is 200 g/mol. The van der Waals surface area contributed by atoms with Gasteiger partial charge in [0.25, 0.3) is 5.91 Å². The summed E-state index contributed by atoms with van der Waals surface area (Å²) in [5, 5.41) is 8.17. The van der Waals surface area contributed by atoms with Crippen molar-refractivity contribution in [3.63, 3.8) is 0 Å². The summed E-state index contributed by atoms with van der Waals surface area (Å²) in [7, 11) is 0. The largest absolute Gasteiger partial charge is 0.478 e. The lowest BCUT2D eigenvalue weighted by atomic mass is 10.3. The number of hydrazine groups is 1. The molecule has 3 N–H and O–H groups in total. The van der Waals surface area contributed by atoms with Gasteiger partial charge in [-0.15, -0.1) is 0 Å². The van der Waals surface area contributed by atoms with E-state index >= 15 is 0 Å². The number of amides is 2. The first-order valence-corrected chi connectivity index (χ1v) is 4.06. The predicted octanol–water partition coefficient (Wildman–Crippen LogP) is -0.425. The number of carboxylic acids is 1. The molecule has 6 nitrogen and oxygen atoms in total. The van der Waals surface area contributed by atoms with Gasteiger partial charge in [-0.1, -0.05) is 6.92 Å². The Morgan fingerprint density at radius 1 is 1.21 bits per heavy atom. The second kappa shape index (κ2) is 6.64. The van der Waals surface area contributed by atoms with Crippen molar-refractivity contribution in [1.29, 1.82) is 0 Å². The van der Waals surface area contributed by atoms with Crippen LogP contribution in [0.25, 0.3) is 0 Å². The van der Waals surface area contributed by atoms with E-state index in [9.17, 15) is 14.4 Å². The summed E-state index contributed by atoms with van der Waals surface area (Å²) in [6, 6.07) is 0. The molecular formula is C8H12N2O4. The number of hydrogen-bond acceptors (Lipinski definition) is 3. The van der Waals surface area contributed by atoms with Crippen molar-refractivity contribution >= 4 is 17.8 Å². The molecule has 0 bridgehead atoms. The molecule has 0 unspecified atom stereocenters. The van der Waals surface area contributed by atoms with Gasteiger partial charge in [0.2, 0.25) is 5.91 Å². The standard InChI is InChI=1S/C8H12N2O4/c1-2-3-6(11)9-10-7(12)4-5-8(13)14/h4-5H,2-3H2,1H3,(H,9,11)(H,10,12)(H,13,14)/b5-4+. The molecular weight excluding hydrogens is 188 g/mol. The predicted molar refractivity (Wildman–Crippen MR) is 48.0 cm³/mol. The minimum Gasteiger partial charge on any atom is -0.478 e. The molecule has 0 saturated heterocycles. The topological polar surface area (TPSA) is 95.5 Å². The second-order valence-electron chi connectivity index (χ2n) is 2.46. The molecule has 0 aromatic carbocycles. The third-order valence-electron chi connectivity index (χ3n) is 1.18. The third-order valence-corrected chi connectivity index (χ3v) is 1.18. The van der Waals surface area contributed by atoms with Crippen LogP contribution in [0.5, 0.6) is 0 Å². The lowest BCUT2D eigenvalue weighted by molar-refractivity contribution is -0.131. The first-order valence-electron chi connectivity index (χ1n) is 4.06. The van der Waals surface area contributed by atoms with Gasteiger partial charge in [0.05, 0.1) is 0 Å². The first-order chi connectivity index (χ1) is 6.56. The highest BCUT2D eigenvalue weighted by atomic mass is 16.4. The Morgan fingerprint density at radius 2 is 1.86 bits per heavy atom. The summed E-state index contributed by atoms with van der Waals surface area (Å²) in [4.78, 5) is 31.6. The fraction of sp³-hybridized carbons (Fsp3) is 0.375. The van der Waals surface area contributed by atoms with E-state index < -0.39 is 11.9 Å². The van der Waals surface area contributed by atoms with Gasteiger partial charge in [-0.25, -0.2) is 4.79 Å². The molecule has 0 saturated carbocycles. The molecule has 0 aliphatic carbocycles. The van der Waals surface area contributed by atoms with E-state index in [-0.39, 0.29) is 5.91 Å². The number of aliphatic carboxylic acids is 1. The van der Waals surface area contributed by atoms with Crippen molar-refractivity contribution in [2.75, 3.05) is 0 Å². The van der Waals surface area contributed by atoms with Gasteiger partial charge in [-0.3, -0.25) is 20.4 Å². The third kappa shape index (κ3) is 6.84. The fourth-order valence-corrected chi connectivity index (χ4v) is 0.610. The van der Waals surface area contributed by atoms with Gasteiger partial charge in [0.1, 0.15) is 0 Å². The maximum Gasteiger partial charge on any atom is 0.328 e. The normalized spacial score (nSPS) is 9.79. The van der Waals surface area contributed by atoms with Crippen LogP contribution in [0.3, 0.4) is 0 Å². The van der Waals surface area contributed by atoms with Gasteiger partial charge in [-0.2, -0.15) is 0 Å². The van der Waals surface area contributed by atoms with Gasteiger partial charge < -0.3 is 5.11 Å². The molecule has 0 aromatic rings. The van der Waals surface area contributed by atoms with Crippen LogP contribution < -0.4 is 10.9 Å². The van der Waals surface area contributed by atoms with Crippen molar-refractivity contribution in [3.8, 4) is 0 Å². The molecule has 78 valence electrons. The van der Waals surface area contributed by atoms with E-state index in [1.165, 1.54) is 0 Å². The molecule has 0 fully saturated rings. The number of carbonyl (C=O) groups is 3. The number of rotatable bonds is 4.